The third kappa shape index (κ3) is 5.00. The van der Waals surface area contributed by atoms with Gasteiger partial charge in [-0.25, -0.2) is 15.0 Å². The van der Waals surface area contributed by atoms with Gasteiger partial charge in [0.25, 0.3) is 0 Å². The van der Waals surface area contributed by atoms with Gasteiger partial charge in [-0.2, -0.15) is 0 Å². The number of carbonyl (C=O) groups excluding carboxylic acids is 1. The maximum atomic E-state index is 12.0. The number of nitrogens with zero attached hydrogens (tertiary/aromatic N) is 4. The van der Waals surface area contributed by atoms with Crippen LogP contribution < -0.4 is 21.5 Å². The van der Waals surface area contributed by atoms with Gasteiger partial charge in [-0.1, -0.05) is 23.2 Å². The van der Waals surface area contributed by atoms with Crippen LogP contribution in [0.25, 0.3) is 11.2 Å². The third-order valence-electron chi connectivity index (χ3n) is 5.09. The Balaban J connectivity index is 1.43. The molecule has 0 unspecified atom stereocenters. The van der Waals surface area contributed by atoms with E-state index in [2.05, 4.69) is 20.3 Å². The highest BCUT2D eigenvalue weighted by Crippen LogP contribution is 2.34. The molecule has 1 aromatic carbocycles. The average Bonchev–Trinajstić information content (AvgIpc) is 3.47. The summed E-state index contributed by atoms with van der Waals surface area (Å²) in [5.41, 5.74) is 13.6. The summed E-state index contributed by atoms with van der Waals surface area (Å²) in [6, 6.07) is 3.21. The zero-order valence-electron chi connectivity index (χ0n) is 16.7. The van der Waals surface area contributed by atoms with E-state index in [4.69, 9.17) is 39.4 Å². The first-order chi connectivity index (χ1) is 14.9. The molecule has 31 heavy (non-hydrogen) atoms. The van der Waals surface area contributed by atoms with Gasteiger partial charge in [0, 0.05) is 11.6 Å². The molecule has 1 aliphatic carbocycles. The number of amides is 1. The van der Waals surface area contributed by atoms with Crippen molar-refractivity contribution < 1.29 is 9.53 Å². The fraction of sp³-hybridized carbons (Fsp3) is 0.400. The summed E-state index contributed by atoms with van der Waals surface area (Å²) in [6.45, 7) is 0.722. The number of ether oxygens (including phenoxy) is 1. The smallest absolute Gasteiger partial charge is 0.237 e. The van der Waals surface area contributed by atoms with Gasteiger partial charge in [0.2, 0.25) is 5.91 Å². The second-order valence-electron chi connectivity index (χ2n) is 7.52. The lowest BCUT2D eigenvalue weighted by molar-refractivity contribution is -0.122. The van der Waals surface area contributed by atoms with E-state index in [1.807, 2.05) is 0 Å². The molecule has 3 aromatic rings. The molecule has 0 aliphatic heterocycles. The number of rotatable bonds is 9. The molecule has 1 aliphatic rings. The number of fused-ring (bicyclic) bond motifs is 1. The van der Waals surface area contributed by atoms with E-state index in [9.17, 15) is 4.79 Å². The predicted octanol–water partition coefficient (Wildman–Crippen LogP) is 2.53. The third-order valence-corrected chi connectivity index (χ3v) is 5.93. The second kappa shape index (κ2) is 9.25. The van der Waals surface area contributed by atoms with Crippen LogP contribution >= 0.6 is 23.2 Å². The van der Waals surface area contributed by atoms with Gasteiger partial charge in [-0.15, -0.1) is 0 Å². The first-order valence-corrected chi connectivity index (χ1v) is 10.8. The van der Waals surface area contributed by atoms with Crippen LogP contribution in [0.15, 0.2) is 24.8 Å². The molecule has 4 rings (SSSR count). The minimum atomic E-state index is -0.542. The standard InChI is InChI=1S/C20H23Cl2N7O2/c21-13-5-6-15(31-7-1-2-14(23)20(30)28-11-3-4-11)12(16(13)22)8-29-10-27-17-18(24)25-9-26-19(17)29/h5-6,9-11,14H,1-4,7-8,23H2,(H,28,30)(H2,24,25,26)/t14-/m1/s1. The number of halogens is 2. The molecule has 9 nitrogen and oxygen atoms in total. The molecule has 2 heterocycles. The molecule has 0 spiro atoms. The Morgan fingerprint density at radius 1 is 1.29 bits per heavy atom. The summed E-state index contributed by atoms with van der Waals surface area (Å²) >= 11 is 12.7. The highest BCUT2D eigenvalue weighted by molar-refractivity contribution is 6.42. The van der Waals surface area contributed by atoms with Gasteiger partial charge in [0.05, 0.1) is 35.6 Å². The highest BCUT2D eigenvalue weighted by Gasteiger charge is 2.25. The number of hydrogen-bond donors (Lipinski definition) is 3. The highest BCUT2D eigenvalue weighted by atomic mass is 35.5. The Kier molecular flexibility index (Phi) is 6.45. The summed E-state index contributed by atoms with van der Waals surface area (Å²) in [5.74, 6) is 0.791. The van der Waals surface area contributed by atoms with Gasteiger partial charge in [0.1, 0.15) is 17.6 Å². The molecule has 1 fully saturated rings. The summed E-state index contributed by atoms with van der Waals surface area (Å²) in [4.78, 5) is 24.5. The van der Waals surface area contributed by atoms with Gasteiger partial charge in [-0.05, 0) is 37.8 Å². The topological polar surface area (TPSA) is 134 Å². The normalized spacial score (nSPS) is 14.5. The van der Waals surface area contributed by atoms with Crippen LogP contribution in [-0.2, 0) is 11.3 Å². The number of aromatic nitrogens is 4. The van der Waals surface area contributed by atoms with Crippen LogP contribution in [0.1, 0.15) is 31.2 Å². The molecule has 0 saturated heterocycles. The average molecular weight is 464 g/mol. The summed E-state index contributed by atoms with van der Waals surface area (Å²) in [7, 11) is 0. The molecular formula is C20H23Cl2N7O2. The first kappa shape index (κ1) is 21.6. The first-order valence-electron chi connectivity index (χ1n) is 10.0. The summed E-state index contributed by atoms with van der Waals surface area (Å²) in [6.07, 6.45) is 6.22. The van der Waals surface area contributed by atoms with E-state index >= 15 is 0 Å². The van der Waals surface area contributed by atoms with E-state index in [-0.39, 0.29) is 5.91 Å². The second-order valence-corrected chi connectivity index (χ2v) is 8.31. The van der Waals surface area contributed by atoms with Crippen LogP contribution in [-0.4, -0.2) is 44.1 Å². The fourth-order valence-corrected chi connectivity index (χ4v) is 3.59. The zero-order chi connectivity index (χ0) is 22.0. The Hall–Kier alpha value is -2.62. The number of benzene rings is 1. The molecule has 0 radical (unpaired) electrons. The van der Waals surface area contributed by atoms with Gasteiger partial charge >= 0.3 is 0 Å². The van der Waals surface area contributed by atoms with Crippen molar-refractivity contribution in [2.45, 2.75) is 44.3 Å². The van der Waals surface area contributed by atoms with Crippen molar-refractivity contribution in [2.75, 3.05) is 12.3 Å². The van der Waals surface area contributed by atoms with Crippen LogP contribution in [0.4, 0.5) is 5.82 Å². The monoisotopic (exact) mass is 463 g/mol. The van der Waals surface area contributed by atoms with E-state index in [0.29, 0.717) is 70.4 Å². The maximum absolute atomic E-state index is 12.0. The van der Waals surface area contributed by atoms with E-state index in [0.717, 1.165) is 12.8 Å². The molecule has 1 saturated carbocycles. The number of nitrogens with one attached hydrogen (secondary N) is 1. The van der Waals surface area contributed by atoms with Crippen molar-refractivity contribution in [3.8, 4) is 5.75 Å². The van der Waals surface area contributed by atoms with Crippen molar-refractivity contribution in [2.24, 2.45) is 5.73 Å². The SMILES string of the molecule is Nc1ncnc2c1ncn2Cc1c(OCCC[C@@H](N)C(=O)NC2CC2)ccc(Cl)c1Cl. The van der Waals surface area contributed by atoms with Crippen molar-refractivity contribution in [1.82, 2.24) is 24.8 Å². The molecule has 5 N–H and O–H groups in total. The van der Waals surface area contributed by atoms with E-state index in [1.54, 1.807) is 23.0 Å². The maximum Gasteiger partial charge on any atom is 0.237 e. The lowest BCUT2D eigenvalue weighted by atomic mass is 10.1. The van der Waals surface area contributed by atoms with Gasteiger partial charge < -0.3 is 26.1 Å². The van der Waals surface area contributed by atoms with Crippen LogP contribution in [0.5, 0.6) is 5.75 Å². The molecular weight excluding hydrogens is 441 g/mol. The van der Waals surface area contributed by atoms with E-state index < -0.39 is 6.04 Å². The Morgan fingerprint density at radius 3 is 2.87 bits per heavy atom. The fourth-order valence-electron chi connectivity index (χ4n) is 3.19. The number of imidazole rings is 1. The summed E-state index contributed by atoms with van der Waals surface area (Å²) < 4.78 is 7.76. The van der Waals surface area contributed by atoms with Crippen molar-refractivity contribution >= 4 is 46.1 Å². The number of anilines is 1. The number of hydrogen-bond acceptors (Lipinski definition) is 7. The molecule has 0 bridgehead atoms. The Morgan fingerprint density at radius 2 is 2.10 bits per heavy atom. The van der Waals surface area contributed by atoms with Crippen LogP contribution in [0, 0.1) is 0 Å². The molecule has 11 heteroatoms. The largest absolute Gasteiger partial charge is 0.493 e. The number of carbonyl (C=O) groups is 1. The predicted molar refractivity (Wildman–Crippen MR) is 119 cm³/mol. The Bertz CT molecular complexity index is 1100. The number of nitrogens with two attached hydrogens (primary N) is 2. The van der Waals surface area contributed by atoms with Crippen molar-refractivity contribution in [3.63, 3.8) is 0 Å². The van der Waals surface area contributed by atoms with Crippen molar-refractivity contribution in [3.05, 3.63) is 40.4 Å². The summed E-state index contributed by atoms with van der Waals surface area (Å²) in [5, 5.41) is 3.72. The molecule has 1 atom stereocenters. The van der Waals surface area contributed by atoms with Gasteiger partial charge in [-0.3, -0.25) is 4.79 Å². The molecule has 164 valence electrons. The van der Waals surface area contributed by atoms with Gasteiger partial charge in [0.15, 0.2) is 11.5 Å². The van der Waals surface area contributed by atoms with Crippen LogP contribution in [0.3, 0.4) is 0 Å². The minimum Gasteiger partial charge on any atom is -0.493 e. The van der Waals surface area contributed by atoms with Crippen LogP contribution in [0.2, 0.25) is 10.0 Å². The van der Waals surface area contributed by atoms with E-state index in [1.165, 1.54) is 6.33 Å². The number of nitrogen functional groups attached to an aromatic ring is 1. The van der Waals surface area contributed by atoms with Crippen molar-refractivity contribution in [1.29, 1.82) is 0 Å². The quantitative estimate of drug-likeness (QED) is 0.415. The molecule has 1 amide bonds. The Labute approximate surface area is 189 Å². The lowest BCUT2D eigenvalue weighted by Crippen LogP contribution is -2.41. The molecule has 2 aromatic heterocycles. The minimum absolute atomic E-state index is 0.106. The zero-order valence-corrected chi connectivity index (χ0v) is 18.2. The lowest BCUT2D eigenvalue weighted by Gasteiger charge is -2.16.